The van der Waals surface area contributed by atoms with Gasteiger partial charge in [0.05, 0.1) is 18.4 Å². The first-order chi connectivity index (χ1) is 27.1. The summed E-state index contributed by atoms with van der Waals surface area (Å²) in [6.07, 6.45) is 0.249. The number of fused-ring (bicyclic) bond motifs is 3. The van der Waals surface area contributed by atoms with Crippen molar-refractivity contribution in [2.75, 3.05) is 19.8 Å². The van der Waals surface area contributed by atoms with Crippen LogP contribution in [-0.2, 0) is 62.9 Å². The van der Waals surface area contributed by atoms with Gasteiger partial charge in [-0.25, -0.2) is 18.0 Å². The number of carbonyl (C=O) groups is 6. The van der Waals surface area contributed by atoms with E-state index in [0.29, 0.717) is 45.2 Å². The van der Waals surface area contributed by atoms with Crippen molar-refractivity contribution >= 4 is 45.8 Å². The molecule has 3 heterocycles. The molecule has 18 heteroatoms. The van der Waals surface area contributed by atoms with Crippen LogP contribution in [0.5, 0.6) is 0 Å². The summed E-state index contributed by atoms with van der Waals surface area (Å²) in [4.78, 5) is 86.2. The molecule has 3 aliphatic heterocycles. The molecule has 1 aromatic rings. The molecular weight excluding hydrogens is 773 g/mol. The normalized spacial score (nSPS) is 28.3. The number of nitrogens with one attached hydrogen (secondary N) is 4. The topological polar surface area (TPSA) is 219 Å². The molecule has 6 amide bonds. The van der Waals surface area contributed by atoms with Crippen LogP contribution in [0.25, 0.3) is 0 Å². The maximum Gasteiger partial charge on any atom is 0.410 e. The lowest BCUT2D eigenvalue weighted by Gasteiger charge is -2.36. The van der Waals surface area contributed by atoms with Gasteiger partial charge >= 0.3 is 12.2 Å². The molecule has 0 aromatic heterocycles. The van der Waals surface area contributed by atoms with Gasteiger partial charge in [0, 0.05) is 26.1 Å². The van der Waals surface area contributed by atoms with E-state index in [-0.39, 0.29) is 38.5 Å². The molecule has 0 spiro atoms. The van der Waals surface area contributed by atoms with Gasteiger partial charge in [-0.15, -0.1) is 0 Å². The highest BCUT2D eigenvalue weighted by molar-refractivity contribution is 7.91. The van der Waals surface area contributed by atoms with Crippen molar-refractivity contribution in [2.24, 2.45) is 11.3 Å². The zero-order valence-corrected chi connectivity index (χ0v) is 35.3. The molecule has 6 atom stereocenters. The highest BCUT2D eigenvalue weighted by Gasteiger charge is 2.62. The number of rotatable bonds is 7. The van der Waals surface area contributed by atoms with E-state index >= 15 is 0 Å². The Bertz CT molecular complexity index is 1920. The lowest BCUT2D eigenvalue weighted by Crippen LogP contribution is -2.62. The molecule has 17 nitrogen and oxygen atoms in total. The van der Waals surface area contributed by atoms with Crippen LogP contribution >= 0.6 is 0 Å². The smallest absolute Gasteiger partial charge is 0.410 e. The molecule has 2 aliphatic carbocycles. The molecule has 4 bridgehead atoms. The molecular formula is C40H58N6O11S. The van der Waals surface area contributed by atoms with Crippen LogP contribution in [0.15, 0.2) is 18.2 Å². The third-order valence-corrected chi connectivity index (χ3v) is 13.2. The second-order valence-electron chi connectivity index (χ2n) is 18.3. The molecule has 2 saturated carbocycles. The zero-order valence-electron chi connectivity index (χ0n) is 34.5. The number of ether oxygens (including phenoxy) is 3. The average Bonchev–Trinajstić information content (AvgIpc) is 4.01. The Kier molecular flexibility index (Phi) is 12.1. The molecule has 58 heavy (non-hydrogen) atoms. The van der Waals surface area contributed by atoms with Gasteiger partial charge in [0.15, 0.2) is 0 Å². The Labute approximate surface area is 340 Å². The number of carbonyl (C=O) groups excluding carboxylic acids is 6. The summed E-state index contributed by atoms with van der Waals surface area (Å²) in [6, 6.07) is 2.08. The Morgan fingerprint density at radius 2 is 1.74 bits per heavy atom. The second kappa shape index (κ2) is 16.3. The minimum Gasteiger partial charge on any atom is -0.444 e. The van der Waals surface area contributed by atoms with Crippen LogP contribution in [0.1, 0.15) is 104 Å². The molecule has 1 aromatic carbocycles. The van der Waals surface area contributed by atoms with E-state index in [4.69, 9.17) is 14.2 Å². The Morgan fingerprint density at radius 1 is 1.03 bits per heavy atom. The number of benzene rings is 1. The fourth-order valence-electron chi connectivity index (χ4n) is 8.00. The molecule has 3 fully saturated rings. The van der Waals surface area contributed by atoms with Gasteiger partial charge in [0.25, 0.3) is 5.91 Å². The van der Waals surface area contributed by atoms with Gasteiger partial charge in [-0.2, -0.15) is 0 Å². The number of nitrogens with zero attached hydrogens (tertiary/aromatic N) is 2. The molecule has 4 N–H and O–H groups in total. The van der Waals surface area contributed by atoms with Gasteiger partial charge < -0.3 is 35.1 Å². The van der Waals surface area contributed by atoms with Crippen LogP contribution in [0.3, 0.4) is 0 Å². The summed E-state index contributed by atoms with van der Waals surface area (Å²) in [7, 11) is -3.92. The highest BCUT2D eigenvalue weighted by atomic mass is 32.2. The van der Waals surface area contributed by atoms with Crippen molar-refractivity contribution in [3.8, 4) is 0 Å². The number of amides is 6. The summed E-state index contributed by atoms with van der Waals surface area (Å²) in [6.45, 7) is 12.5. The molecule has 6 unspecified atom stereocenters. The minimum atomic E-state index is -3.92. The van der Waals surface area contributed by atoms with E-state index in [0.717, 1.165) is 16.7 Å². The first kappa shape index (κ1) is 43.1. The number of sulfonamides is 1. The van der Waals surface area contributed by atoms with Crippen molar-refractivity contribution < 1.29 is 51.4 Å². The second-order valence-corrected chi connectivity index (χ2v) is 20.2. The zero-order chi connectivity index (χ0) is 42.4. The average molecular weight is 831 g/mol. The third kappa shape index (κ3) is 9.70. The summed E-state index contributed by atoms with van der Waals surface area (Å²) >= 11 is 0. The largest absolute Gasteiger partial charge is 0.444 e. The Morgan fingerprint density at radius 3 is 2.38 bits per heavy atom. The number of hydrogen-bond donors (Lipinski definition) is 4. The number of alkyl carbamates (subject to hydrolysis) is 1. The predicted molar refractivity (Wildman–Crippen MR) is 209 cm³/mol. The van der Waals surface area contributed by atoms with Crippen molar-refractivity contribution in [3.05, 3.63) is 34.9 Å². The molecule has 0 radical (unpaired) electrons. The monoisotopic (exact) mass is 830 g/mol. The van der Waals surface area contributed by atoms with Crippen LogP contribution in [0.4, 0.5) is 9.59 Å². The van der Waals surface area contributed by atoms with Crippen molar-refractivity contribution in [1.82, 2.24) is 30.5 Å². The quantitative estimate of drug-likeness (QED) is 0.313. The van der Waals surface area contributed by atoms with Gasteiger partial charge in [-0.1, -0.05) is 52.3 Å². The van der Waals surface area contributed by atoms with Crippen LogP contribution in [-0.4, -0.2) is 114 Å². The highest BCUT2D eigenvalue weighted by Crippen LogP contribution is 2.47. The number of hydrogen-bond acceptors (Lipinski definition) is 11. The van der Waals surface area contributed by atoms with E-state index in [1.807, 2.05) is 25.1 Å². The Balaban J connectivity index is 1.31. The summed E-state index contributed by atoms with van der Waals surface area (Å²) < 4.78 is 45.1. The maximum absolute atomic E-state index is 14.8. The predicted octanol–water partition coefficient (Wildman–Crippen LogP) is 2.39. The van der Waals surface area contributed by atoms with E-state index in [1.54, 1.807) is 46.4 Å². The van der Waals surface area contributed by atoms with E-state index < -0.39 is 91.9 Å². The maximum atomic E-state index is 14.8. The van der Waals surface area contributed by atoms with Crippen LogP contribution in [0.2, 0.25) is 0 Å². The molecule has 1 saturated heterocycles. The number of aryl methyl sites for hydroxylation is 1. The summed E-state index contributed by atoms with van der Waals surface area (Å²) in [5.74, 6) is -3.29. The van der Waals surface area contributed by atoms with E-state index in [9.17, 15) is 37.2 Å². The fourth-order valence-corrected chi connectivity index (χ4v) is 9.36. The van der Waals surface area contributed by atoms with Gasteiger partial charge in [-0.3, -0.25) is 28.8 Å². The molecule has 320 valence electrons. The van der Waals surface area contributed by atoms with Crippen molar-refractivity contribution in [2.45, 2.75) is 147 Å². The van der Waals surface area contributed by atoms with Crippen LogP contribution in [0, 0.1) is 11.3 Å². The lowest BCUT2D eigenvalue weighted by atomic mass is 9.85. The van der Waals surface area contributed by atoms with Gasteiger partial charge in [0.2, 0.25) is 27.7 Å². The molecule has 6 rings (SSSR count). The van der Waals surface area contributed by atoms with E-state index in [2.05, 4.69) is 20.7 Å². The lowest BCUT2D eigenvalue weighted by molar-refractivity contribution is -0.145. The van der Waals surface area contributed by atoms with E-state index in [1.165, 1.54) is 4.90 Å². The SMILES string of the molecule is CCC1CC1(NC(=O)C1CC2CN1C(=O)C(C(C)(C)C)NC(=O)C(NC(=O)OC(C)(C)C)COCCCc1cccc3c1CN(C3)C(=O)O2)C(=O)NS(=O)(=O)C1CC1. The van der Waals surface area contributed by atoms with Crippen molar-refractivity contribution in [1.29, 1.82) is 0 Å². The standard InChI is InChI=1S/C40H58N6O11S/c1-8-25-18-40(25,35(50)44-58(53,54)27-14-15-27)43-33(48)30-17-26-20-46(30)34(49)31(38(2,3)4)42-32(47)29(41-36(51)57-39(5,6)7)22-55-16-10-13-23-11-9-12-24-19-45(21-28(23)24)37(52)56-26/h9,11-12,25-27,29-31H,8,10,13-22H2,1-7H3,(H,41,51)(H,42,47)(H,43,48)(H,44,50). The van der Waals surface area contributed by atoms with Gasteiger partial charge in [0.1, 0.15) is 35.4 Å². The van der Waals surface area contributed by atoms with Crippen molar-refractivity contribution in [3.63, 3.8) is 0 Å². The van der Waals surface area contributed by atoms with Crippen LogP contribution < -0.4 is 20.7 Å². The summed E-state index contributed by atoms with van der Waals surface area (Å²) in [5, 5.41) is 7.53. The summed E-state index contributed by atoms with van der Waals surface area (Å²) in [5.41, 5.74) is -0.321. The molecule has 5 aliphatic rings. The minimum absolute atomic E-state index is 0.119. The van der Waals surface area contributed by atoms with Gasteiger partial charge in [-0.05, 0) is 80.9 Å². The first-order valence-corrected chi connectivity index (χ1v) is 21.8. The third-order valence-electron chi connectivity index (χ3n) is 11.4. The first-order valence-electron chi connectivity index (χ1n) is 20.2. The Hall–Kier alpha value is -4.45. The fraction of sp³-hybridized carbons (Fsp3) is 0.700.